The number of carbonyl (C=O) groups excluding carboxylic acids is 1. The van der Waals surface area contributed by atoms with Crippen LogP contribution in [0.1, 0.15) is 11.1 Å². The van der Waals surface area contributed by atoms with E-state index in [1.807, 2.05) is 0 Å². The van der Waals surface area contributed by atoms with Crippen LogP contribution in [0.25, 0.3) is 10.2 Å². The number of carbonyl (C=O) groups is 1. The lowest BCUT2D eigenvalue weighted by atomic mass is 10.1. The number of quaternary nitrogens is 1. The number of anilines is 1. The van der Waals surface area contributed by atoms with Crippen molar-refractivity contribution in [2.24, 2.45) is 0 Å². The third kappa shape index (κ3) is 3.93. The summed E-state index contributed by atoms with van der Waals surface area (Å²) in [6, 6.07) is 4.20. The standard InChI is InChI=1S/C18H23N3O3S/c1-12-9-14-16(10-13(12)2)25-18(19-14)21(6-5-20(3)4)17(22)15-11-23-7-8-24-15/h9-11H,5-8H2,1-4H3/p+1. The number of ether oxygens (including phenoxy) is 2. The van der Waals surface area contributed by atoms with E-state index in [2.05, 4.69) is 40.1 Å². The second-order valence-corrected chi connectivity index (χ2v) is 7.52. The third-order valence-corrected chi connectivity index (χ3v) is 5.21. The van der Waals surface area contributed by atoms with Crippen LogP contribution < -0.4 is 9.80 Å². The highest BCUT2D eigenvalue weighted by Crippen LogP contribution is 2.31. The van der Waals surface area contributed by atoms with Crippen LogP contribution >= 0.6 is 11.3 Å². The predicted molar refractivity (Wildman–Crippen MR) is 99.1 cm³/mol. The average molecular weight is 362 g/mol. The summed E-state index contributed by atoms with van der Waals surface area (Å²) in [7, 11) is 4.13. The molecule has 0 radical (unpaired) electrons. The highest BCUT2D eigenvalue weighted by molar-refractivity contribution is 7.22. The zero-order valence-electron chi connectivity index (χ0n) is 15.1. The minimum absolute atomic E-state index is 0.201. The van der Waals surface area contributed by atoms with Gasteiger partial charge in [0.2, 0.25) is 5.76 Å². The van der Waals surface area contributed by atoms with Crippen molar-refractivity contribution in [2.45, 2.75) is 13.8 Å². The van der Waals surface area contributed by atoms with Crippen molar-refractivity contribution in [2.75, 3.05) is 45.3 Å². The van der Waals surface area contributed by atoms with Crippen molar-refractivity contribution in [3.63, 3.8) is 0 Å². The van der Waals surface area contributed by atoms with E-state index in [1.165, 1.54) is 33.6 Å². The van der Waals surface area contributed by atoms with Gasteiger partial charge >= 0.3 is 0 Å². The summed E-state index contributed by atoms with van der Waals surface area (Å²) in [5.74, 6) is 0.0417. The number of hydrogen-bond donors (Lipinski definition) is 1. The molecule has 0 atom stereocenters. The topological polar surface area (TPSA) is 56.1 Å². The Hall–Kier alpha value is -2.12. The number of nitrogens with one attached hydrogen (secondary N) is 1. The highest BCUT2D eigenvalue weighted by Gasteiger charge is 2.26. The molecular weight excluding hydrogens is 338 g/mol. The van der Waals surface area contributed by atoms with Gasteiger partial charge in [-0.3, -0.25) is 9.69 Å². The van der Waals surface area contributed by atoms with Crippen molar-refractivity contribution in [3.8, 4) is 0 Å². The molecule has 1 aliphatic rings. The summed E-state index contributed by atoms with van der Waals surface area (Å²) >= 11 is 1.53. The third-order valence-electron chi connectivity index (χ3n) is 4.16. The molecule has 0 fully saturated rings. The quantitative estimate of drug-likeness (QED) is 0.871. The SMILES string of the molecule is Cc1cc2nc(N(CC[NH+](C)C)C(=O)C3=COCCO3)sc2cc1C. The maximum absolute atomic E-state index is 12.9. The molecule has 7 heteroatoms. The monoisotopic (exact) mass is 362 g/mol. The number of nitrogens with zero attached hydrogens (tertiary/aromatic N) is 2. The molecule has 1 N–H and O–H groups in total. The number of benzene rings is 1. The molecule has 25 heavy (non-hydrogen) atoms. The molecule has 1 aromatic carbocycles. The molecule has 1 aromatic heterocycles. The lowest BCUT2D eigenvalue weighted by Gasteiger charge is -2.23. The van der Waals surface area contributed by atoms with Crippen LogP contribution in [0.2, 0.25) is 0 Å². The average Bonchev–Trinajstić information content (AvgIpc) is 2.98. The predicted octanol–water partition coefficient (Wildman–Crippen LogP) is 1.28. The Morgan fingerprint density at radius 1 is 1.28 bits per heavy atom. The number of fused-ring (bicyclic) bond motifs is 1. The van der Waals surface area contributed by atoms with Crippen LogP contribution in [0, 0.1) is 13.8 Å². The fourth-order valence-corrected chi connectivity index (χ4v) is 3.59. The maximum Gasteiger partial charge on any atom is 0.298 e. The van der Waals surface area contributed by atoms with Crippen LogP contribution in [0.5, 0.6) is 0 Å². The van der Waals surface area contributed by atoms with Crippen molar-refractivity contribution >= 4 is 32.6 Å². The lowest BCUT2D eigenvalue weighted by molar-refractivity contribution is -0.856. The zero-order valence-corrected chi connectivity index (χ0v) is 15.9. The summed E-state index contributed by atoms with van der Waals surface area (Å²) in [5.41, 5.74) is 3.35. The van der Waals surface area contributed by atoms with Gasteiger partial charge in [0.15, 0.2) is 5.13 Å². The second kappa shape index (κ2) is 7.41. The number of thiazole rings is 1. The molecule has 0 aliphatic carbocycles. The summed E-state index contributed by atoms with van der Waals surface area (Å²) in [4.78, 5) is 20.6. The van der Waals surface area contributed by atoms with Crippen LogP contribution in [0.4, 0.5) is 5.13 Å². The van der Waals surface area contributed by atoms with E-state index in [-0.39, 0.29) is 11.7 Å². The van der Waals surface area contributed by atoms with Gasteiger partial charge in [0.05, 0.1) is 37.4 Å². The fourth-order valence-electron chi connectivity index (χ4n) is 2.52. The number of amides is 1. The number of aromatic nitrogens is 1. The number of hydrogen-bond acceptors (Lipinski definition) is 5. The molecular formula is C18H24N3O3S+. The molecule has 3 rings (SSSR count). The van der Waals surface area contributed by atoms with Gasteiger partial charge in [0.1, 0.15) is 19.5 Å². The molecule has 0 spiro atoms. The Morgan fingerprint density at radius 3 is 2.72 bits per heavy atom. The summed E-state index contributed by atoms with van der Waals surface area (Å²) in [6.45, 7) is 6.41. The Morgan fingerprint density at radius 2 is 2.04 bits per heavy atom. The summed E-state index contributed by atoms with van der Waals surface area (Å²) in [6.07, 6.45) is 1.41. The first-order valence-electron chi connectivity index (χ1n) is 8.39. The van der Waals surface area contributed by atoms with E-state index >= 15 is 0 Å². The van der Waals surface area contributed by atoms with Gasteiger partial charge in [-0.1, -0.05) is 11.3 Å². The lowest BCUT2D eigenvalue weighted by Crippen LogP contribution is -3.06. The van der Waals surface area contributed by atoms with Crippen LogP contribution in [0.15, 0.2) is 24.2 Å². The van der Waals surface area contributed by atoms with Crippen LogP contribution in [0.3, 0.4) is 0 Å². The first kappa shape index (κ1) is 17.7. The first-order chi connectivity index (χ1) is 12.0. The molecule has 0 bridgehead atoms. The highest BCUT2D eigenvalue weighted by atomic mass is 32.1. The van der Waals surface area contributed by atoms with Gasteiger partial charge in [-0.2, -0.15) is 0 Å². The van der Waals surface area contributed by atoms with Gasteiger partial charge in [0, 0.05) is 0 Å². The van der Waals surface area contributed by atoms with E-state index in [0.717, 1.165) is 16.8 Å². The van der Waals surface area contributed by atoms with Gasteiger partial charge < -0.3 is 14.4 Å². The van der Waals surface area contributed by atoms with E-state index in [1.54, 1.807) is 4.90 Å². The molecule has 0 saturated heterocycles. The Kier molecular flexibility index (Phi) is 5.24. The fraction of sp³-hybridized carbons (Fsp3) is 0.444. The van der Waals surface area contributed by atoms with Crippen molar-refractivity contribution < 1.29 is 19.2 Å². The minimum atomic E-state index is -0.201. The molecule has 134 valence electrons. The summed E-state index contributed by atoms with van der Waals surface area (Å²) < 4.78 is 11.8. The number of aryl methyl sites for hydroxylation is 2. The largest absolute Gasteiger partial charge is 0.494 e. The molecule has 0 unspecified atom stereocenters. The molecule has 1 aliphatic heterocycles. The first-order valence-corrected chi connectivity index (χ1v) is 9.20. The Labute approximate surface area is 151 Å². The Bertz CT molecular complexity index is 774. The Balaban J connectivity index is 1.95. The molecule has 2 aromatic rings. The van der Waals surface area contributed by atoms with E-state index in [9.17, 15) is 4.79 Å². The van der Waals surface area contributed by atoms with Gasteiger partial charge in [-0.25, -0.2) is 4.98 Å². The van der Waals surface area contributed by atoms with Gasteiger partial charge in [0.25, 0.3) is 5.91 Å². The molecule has 2 heterocycles. The van der Waals surface area contributed by atoms with E-state index < -0.39 is 0 Å². The van der Waals surface area contributed by atoms with E-state index in [0.29, 0.717) is 24.9 Å². The van der Waals surface area contributed by atoms with Crippen LogP contribution in [-0.4, -0.2) is 51.3 Å². The summed E-state index contributed by atoms with van der Waals surface area (Å²) in [5, 5.41) is 0.696. The number of rotatable bonds is 5. The maximum atomic E-state index is 12.9. The van der Waals surface area contributed by atoms with E-state index in [4.69, 9.17) is 14.5 Å². The zero-order chi connectivity index (χ0) is 18.0. The molecule has 0 saturated carbocycles. The van der Waals surface area contributed by atoms with Crippen molar-refractivity contribution in [1.82, 2.24) is 4.98 Å². The van der Waals surface area contributed by atoms with Gasteiger partial charge in [-0.15, -0.1) is 0 Å². The minimum Gasteiger partial charge on any atom is -0.494 e. The number of likely N-dealkylation sites (N-methyl/N-ethyl adjacent to an activating group) is 1. The molecule has 6 nitrogen and oxygen atoms in total. The van der Waals surface area contributed by atoms with Crippen molar-refractivity contribution in [1.29, 1.82) is 0 Å². The second-order valence-electron chi connectivity index (χ2n) is 6.52. The normalized spacial score (nSPS) is 14.2. The van der Waals surface area contributed by atoms with Crippen molar-refractivity contribution in [3.05, 3.63) is 35.3 Å². The molecule has 1 amide bonds. The smallest absolute Gasteiger partial charge is 0.298 e. The van der Waals surface area contributed by atoms with Crippen LogP contribution in [-0.2, 0) is 14.3 Å². The van der Waals surface area contributed by atoms with Gasteiger partial charge in [-0.05, 0) is 37.1 Å².